The molecule has 0 heterocycles. The van der Waals surface area contributed by atoms with Gasteiger partial charge in [0.25, 0.3) is 0 Å². The predicted octanol–water partition coefficient (Wildman–Crippen LogP) is 4.75. The third kappa shape index (κ3) is 6.66. The first-order valence-corrected chi connectivity index (χ1v) is 11.2. The maximum Gasteiger partial charge on any atom is 0.316 e. The lowest BCUT2D eigenvalue weighted by Crippen LogP contribution is -2.38. The number of carbonyl (C=O) groups is 2. The maximum atomic E-state index is 12.9. The van der Waals surface area contributed by atoms with Crippen LogP contribution in [-0.2, 0) is 14.3 Å². The SMILES string of the molecule is CCCN=C(CCC)C1=C(O)[C@@H](C(=O)OCC)[C@H](C[C@@H](C)SCC)CC1=O. The summed E-state index contributed by atoms with van der Waals surface area (Å²) < 4.78 is 5.24. The lowest BCUT2D eigenvalue weighted by atomic mass is 9.74. The van der Waals surface area contributed by atoms with E-state index in [1.54, 1.807) is 18.7 Å². The molecule has 0 spiro atoms. The van der Waals surface area contributed by atoms with Gasteiger partial charge in [-0.25, -0.2) is 0 Å². The molecule has 0 radical (unpaired) electrons. The molecule has 0 bridgehead atoms. The van der Waals surface area contributed by atoms with E-state index < -0.39 is 11.9 Å². The van der Waals surface area contributed by atoms with Gasteiger partial charge in [-0.15, -0.1) is 0 Å². The summed E-state index contributed by atoms with van der Waals surface area (Å²) in [6.07, 6.45) is 3.26. The number of hydrogen-bond acceptors (Lipinski definition) is 6. The van der Waals surface area contributed by atoms with E-state index in [1.807, 2.05) is 13.8 Å². The molecule has 5 nitrogen and oxygen atoms in total. The van der Waals surface area contributed by atoms with Crippen molar-refractivity contribution in [2.24, 2.45) is 16.8 Å². The van der Waals surface area contributed by atoms with E-state index in [9.17, 15) is 14.7 Å². The molecule has 0 saturated heterocycles. The van der Waals surface area contributed by atoms with Gasteiger partial charge in [-0.2, -0.15) is 11.8 Å². The lowest BCUT2D eigenvalue weighted by Gasteiger charge is -2.32. The fourth-order valence-corrected chi connectivity index (χ4v) is 4.54. The highest BCUT2D eigenvalue weighted by molar-refractivity contribution is 7.99. The number of ketones is 1. The van der Waals surface area contributed by atoms with Crippen LogP contribution in [-0.4, -0.2) is 46.7 Å². The van der Waals surface area contributed by atoms with E-state index in [-0.39, 0.29) is 36.1 Å². The largest absolute Gasteiger partial charge is 0.511 e. The van der Waals surface area contributed by atoms with Gasteiger partial charge in [-0.05, 0) is 37.9 Å². The molecule has 1 N–H and O–H groups in total. The number of aliphatic imine (C=N–C) groups is 1. The first kappa shape index (κ1) is 23.7. The Balaban J connectivity index is 3.31. The van der Waals surface area contributed by atoms with Crippen molar-refractivity contribution in [2.75, 3.05) is 18.9 Å². The third-order valence-corrected chi connectivity index (χ3v) is 5.77. The summed E-state index contributed by atoms with van der Waals surface area (Å²) in [5.41, 5.74) is 0.890. The number of thioether (sulfide) groups is 1. The molecule has 0 aromatic carbocycles. The zero-order valence-electron chi connectivity index (χ0n) is 17.4. The van der Waals surface area contributed by atoms with Crippen LogP contribution >= 0.6 is 11.8 Å². The van der Waals surface area contributed by atoms with E-state index in [4.69, 9.17) is 4.74 Å². The summed E-state index contributed by atoms with van der Waals surface area (Å²) in [5.74, 6) is -0.708. The molecule has 0 amide bonds. The summed E-state index contributed by atoms with van der Waals surface area (Å²) in [5, 5.41) is 11.3. The number of ether oxygens (including phenoxy) is 1. The molecule has 3 atom stereocenters. The van der Waals surface area contributed by atoms with Crippen LogP contribution in [0.3, 0.4) is 0 Å². The molecule has 154 valence electrons. The second-order valence-electron chi connectivity index (χ2n) is 6.96. The summed E-state index contributed by atoms with van der Waals surface area (Å²) in [6, 6.07) is 0. The standard InChI is InChI=1S/C21H35NO4S/c1-6-10-16(22-11-7-2)19-17(23)13-15(12-14(5)27-9-4)18(20(19)24)21(25)26-8-3/h14-15,18,24H,6-13H2,1-5H3/t14-,15-,18+/m1/s1. The van der Waals surface area contributed by atoms with E-state index in [2.05, 4.69) is 18.8 Å². The molecule has 1 aliphatic carbocycles. The van der Waals surface area contributed by atoms with Gasteiger partial charge in [0.2, 0.25) is 0 Å². The predicted molar refractivity (Wildman–Crippen MR) is 113 cm³/mol. The van der Waals surface area contributed by atoms with Gasteiger partial charge in [-0.1, -0.05) is 34.1 Å². The van der Waals surface area contributed by atoms with Crippen molar-refractivity contribution < 1.29 is 19.4 Å². The third-order valence-electron chi connectivity index (χ3n) is 4.68. The molecule has 0 aromatic heterocycles. The number of allylic oxidation sites excluding steroid dienone is 1. The number of aliphatic hydroxyl groups excluding tert-OH is 1. The van der Waals surface area contributed by atoms with Crippen LogP contribution in [0.2, 0.25) is 0 Å². The Kier molecular flexibility index (Phi) is 10.7. The number of nitrogens with zero attached hydrogens (tertiary/aromatic N) is 1. The molecule has 0 aromatic rings. The highest BCUT2D eigenvalue weighted by Crippen LogP contribution is 2.38. The summed E-state index contributed by atoms with van der Waals surface area (Å²) >= 11 is 1.80. The monoisotopic (exact) mass is 397 g/mol. The Morgan fingerprint density at radius 3 is 2.56 bits per heavy atom. The zero-order valence-corrected chi connectivity index (χ0v) is 18.2. The van der Waals surface area contributed by atoms with Gasteiger partial charge in [0.1, 0.15) is 11.7 Å². The van der Waals surface area contributed by atoms with E-state index in [1.165, 1.54) is 0 Å². The van der Waals surface area contributed by atoms with Crippen LogP contribution in [0.4, 0.5) is 0 Å². The number of hydrogen-bond donors (Lipinski definition) is 1. The molecule has 0 saturated carbocycles. The fourth-order valence-electron chi connectivity index (χ4n) is 3.59. The number of carbonyl (C=O) groups excluding carboxylic acids is 2. The van der Waals surface area contributed by atoms with Crippen LogP contribution in [0.15, 0.2) is 16.3 Å². The Hall–Kier alpha value is -1.30. The minimum Gasteiger partial charge on any atom is -0.511 e. The van der Waals surface area contributed by atoms with Crippen molar-refractivity contribution in [3.8, 4) is 0 Å². The van der Waals surface area contributed by atoms with Crippen LogP contribution < -0.4 is 0 Å². The molecule has 0 unspecified atom stereocenters. The van der Waals surface area contributed by atoms with Crippen LogP contribution in [0, 0.1) is 11.8 Å². The number of Topliss-reactive ketones (excluding diaryl/α,β-unsaturated/α-hetero) is 1. The number of rotatable bonds is 11. The minimum atomic E-state index is -0.777. The van der Waals surface area contributed by atoms with Gasteiger partial charge in [0, 0.05) is 23.9 Å². The van der Waals surface area contributed by atoms with Crippen LogP contribution in [0.25, 0.3) is 0 Å². The lowest BCUT2D eigenvalue weighted by molar-refractivity contribution is -0.150. The van der Waals surface area contributed by atoms with Gasteiger partial charge in [-0.3, -0.25) is 14.6 Å². The Bertz CT molecular complexity index is 571. The molecule has 1 rings (SSSR count). The second-order valence-corrected chi connectivity index (χ2v) is 8.67. The van der Waals surface area contributed by atoms with E-state index in [0.29, 0.717) is 30.3 Å². The highest BCUT2D eigenvalue weighted by Gasteiger charge is 2.43. The average molecular weight is 398 g/mol. The van der Waals surface area contributed by atoms with Crippen molar-refractivity contribution in [3.63, 3.8) is 0 Å². The topological polar surface area (TPSA) is 76.0 Å². The van der Waals surface area contributed by atoms with Gasteiger partial charge >= 0.3 is 5.97 Å². The van der Waals surface area contributed by atoms with Crippen molar-refractivity contribution in [3.05, 3.63) is 11.3 Å². The molecule has 27 heavy (non-hydrogen) atoms. The number of aliphatic hydroxyl groups is 1. The highest BCUT2D eigenvalue weighted by atomic mass is 32.2. The summed E-state index contributed by atoms with van der Waals surface area (Å²) in [6.45, 7) is 10.8. The molecule has 0 fully saturated rings. The van der Waals surface area contributed by atoms with Crippen molar-refractivity contribution in [1.29, 1.82) is 0 Å². The van der Waals surface area contributed by atoms with Gasteiger partial charge in [0.05, 0.1) is 12.2 Å². The van der Waals surface area contributed by atoms with Crippen LogP contribution in [0.1, 0.15) is 66.7 Å². The Morgan fingerprint density at radius 1 is 1.30 bits per heavy atom. The van der Waals surface area contributed by atoms with Crippen molar-refractivity contribution >= 4 is 29.2 Å². The summed E-state index contributed by atoms with van der Waals surface area (Å²) in [7, 11) is 0. The quantitative estimate of drug-likeness (QED) is 0.402. The molecular formula is C21H35NO4S. The zero-order chi connectivity index (χ0) is 20.4. The average Bonchev–Trinajstić information content (AvgIpc) is 2.59. The van der Waals surface area contributed by atoms with Crippen LogP contribution in [0.5, 0.6) is 0 Å². The second kappa shape index (κ2) is 12.2. The molecule has 0 aliphatic heterocycles. The first-order chi connectivity index (χ1) is 12.9. The summed E-state index contributed by atoms with van der Waals surface area (Å²) in [4.78, 5) is 30.1. The first-order valence-electron chi connectivity index (χ1n) is 10.2. The molecule has 6 heteroatoms. The number of esters is 1. The Labute approximate surface area is 168 Å². The molecule has 1 aliphatic rings. The van der Waals surface area contributed by atoms with E-state index in [0.717, 1.165) is 18.6 Å². The van der Waals surface area contributed by atoms with Gasteiger partial charge in [0.15, 0.2) is 5.78 Å². The minimum absolute atomic E-state index is 0.102. The van der Waals surface area contributed by atoms with Gasteiger partial charge < -0.3 is 9.84 Å². The Morgan fingerprint density at radius 2 is 2.00 bits per heavy atom. The smallest absolute Gasteiger partial charge is 0.316 e. The van der Waals surface area contributed by atoms with Crippen molar-refractivity contribution in [2.45, 2.75) is 72.0 Å². The normalized spacial score (nSPS) is 22.1. The van der Waals surface area contributed by atoms with E-state index >= 15 is 0 Å². The maximum absolute atomic E-state index is 12.9. The van der Waals surface area contributed by atoms with Crippen molar-refractivity contribution in [1.82, 2.24) is 0 Å². The fraction of sp³-hybridized carbons (Fsp3) is 0.762. The molecular weight excluding hydrogens is 362 g/mol.